The molecule has 1 aliphatic carbocycles. The van der Waals surface area contributed by atoms with Crippen LogP contribution >= 0.6 is 0 Å². The van der Waals surface area contributed by atoms with Crippen LogP contribution in [0.5, 0.6) is 0 Å². The van der Waals surface area contributed by atoms with Crippen LogP contribution in [0.25, 0.3) is 10.9 Å². The van der Waals surface area contributed by atoms with E-state index in [-0.39, 0.29) is 5.56 Å². The van der Waals surface area contributed by atoms with Crippen LogP contribution in [0.2, 0.25) is 0 Å². The molecule has 0 bridgehead atoms. The number of fused-ring (bicyclic) bond motifs is 1. The number of aryl methyl sites for hydroxylation is 1. The highest BCUT2D eigenvalue weighted by Gasteiger charge is 2.49. The minimum Gasteiger partial charge on any atom is -0.358 e. The van der Waals surface area contributed by atoms with E-state index in [0.29, 0.717) is 23.9 Å². The lowest BCUT2D eigenvalue weighted by Gasteiger charge is -2.16. The molecule has 1 aromatic carbocycles. The van der Waals surface area contributed by atoms with Crippen LogP contribution < -0.4 is 0 Å². The van der Waals surface area contributed by atoms with E-state index in [1.807, 2.05) is 18.2 Å². The summed E-state index contributed by atoms with van der Waals surface area (Å²) in [4.78, 5) is 3.04. The van der Waals surface area contributed by atoms with Crippen molar-refractivity contribution in [2.45, 2.75) is 25.7 Å². The third-order valence-corrected chi connectivity index (χ3v) is 3.32. The number of halogens is 2. The van der Waals surface area contributed by atoms with E-state index in [9.17, 15) is 8.78 Å². The van der Waals surface area contributed by atoms with Gasteiger partial charge in [0.25, 0.3) is 5.92 Å². The fourth-order valence-corrected chi connectivity index (χ4v) is 2.36. The summed E-state index contributed by atoms with van der Waals surface area (Å²) in [6, 6.07) is 7.28. The maximum Gasteiger partial charge on any atom is 0.278 e. The number of hydrogen-bond donors (Lipinski definition) is 1. The van der Waals surface area contributed by atoms with Crippen LogP contribution in [0.1, 0.15) is 24.1 Å². The van der Waals surface area contributed by atoms with Gasteiger partial charge < -0.3 is 4.98 Å². The summed E-state index contributed by atoms with van der Waals surface area (Å²) in [5.41, 5.74) is 1.60. The summed E-state index contributed by atoms with van der Waals surface area (Å²) in [7, 11) is 0. The Hall–Kier alpha value is -1.38. The number of aromatic nitrogens is 1. The molecule has 1 N–H and O–H groups in total. The Balaban J connectivity index is 2.25. The summed E-state index contributed by atoms with van der Waals surface area (Å²) in [6.45, 7) is 1.73. The highest BCUT2D eigenvalue weighted by atomic mass is 19.3. The molecule has 0 atom stereocenters. The first-order valence-electron chi connectivity index (χ1n) is 5.56. The molecule has 1 heterocycles. The predicted octanol–water partition coefficient (Wildman–Crippen LogP) is 3.98. The van der Waals surface area contributed by atoms with Gasteiger partial charge in [-0.05, 0) is 25.8 Å². The average molecular weight is 221 g/mol. The van der Waals surface area contributed by atoms with Gasteiger partial charge >= 0.3 is 0 Å². The summed E-state index contributed by atoms with van der Waals surface area (Å²) in [6.07, 6.45) is 1.29. The summed E-state index contributed by atoms with van der Waals surface area (Å²) >= 11 is 0. The first-order valence-corrected chi connectivity index (χ1v) is 5.56. The molecule has 2 aromatic rings. The molecule has 1 fully saturated rings. The molecular formula is C13H13F2N. The number of benzene rings is 1. The second kappa shape index (κ2) is 3.06. The van der Waals surface area contributed by atoms with Crippen molar-refractivity contribution in [1.29, 1.82) is 0 Å². The van der Waals surface area contributed by atoms with E-state index in [1.165, 1.54) is 0 Å². The Kier molecular flexibility index (Phi) is 1.88. The Bertz CT molecular complexity index is 538. The van der Waals surface area contributed by atoms with E-state index >= 15 is 0 Å². The predicted molar refractivity (Wildman–Crippen MR) is 59.7 cm³/mol. The van der Waals surface area contributed by atoms with Gasteiger partial charge in [-0.15, -0.1) is 0 Å². The Morgan fingerprint density at radius 1 is 1.25 bits per heavy atom. The topological polar surface area (TPSA) is 15.8 Å². The quantitative estimate of drug-likeness (QED) is 0.789. The molecule has 1 nitrogen and oxygen atoms in total. The van der Waals surface area contributed by atoms with Gasteiger partial charge in [-0.3, -0.25) is 0 Å². The Morgan fingerprint density at radius 3 is 2.62 bits per heavy atom. The number of aromatic amines is 1. The number of para-hydroxylation sites is 1. The lowest BCUT2D eigenvalue weighted by Crippen LogP contribution is -2.16. The monoisotopic (exact) mass is 221 g/mol. The van der Waals surface area contributed by atoms with Gasteiger partial charge in [0.2, 0.25) is 0 Å². The second-order valence-electron chi connectivity index (χ2n) is 4.57. The molecule has 1 aromatic heterocycles. The van der Waals surface area contributed by atoms with Crippen molar-refractivity contribution in [3.8, 4) is 0 Å². The molecule has 0 aliphatic heterocycles. The van der Waals surface area contributed by atoms with Crippen molar-refractivity contribution in [1.82, 2.24) is 4.98 Å². The summed E-state index contributed by atoms with van der Waals surface area (Å²) < 4.78 is 28.3. The zero-order valence-corrected chi connectivity index (χ0v) is 9.06. The van der Waals surface area contributed by atoms with Gasteiger partial charge in [-0.2, -0.15) is 0 Å². The number of H-pyrrole nitrogens is 1. The smallest absolute Gasteiger partial charge is 0.278 e. The second-order valence-corrected chi connectivity index (χ2v) is 4.57. The van der Waals surface area contributed by atoms with E-state index in [2.05, 4.69) is 4.98 Å². The van der Waals surface area contributed by atoms with E-state index in [0.717, 1.165) is 5.52 Å². The lowest BCUT2D eigenvalue weighted by atomic mass is 10.0. The Labute approximate surface area is 92.5 Å². The van der Waals surface area contributed by atoms with Crippen LogP contribution in [0, 0.1) is 12.8 Å². The number of alkyl halides is 2. The minimum absolute atomic E-state index is 0.200. The zero-order chi connectivity index (χ0) is 11.3. The number of hydrogen-bond acceptors (Lipinski definition) is 0. The molecular weight excluding hydrogens is 208 g/mol. The first-order chi connectivity index (χ1) is 7.60. The maximum atomic E-state index is 14.1. The van der Waals surface area contributed by atoms with Gasteiger partial charge in [0.1, 0.15) is 0 Å². The van der Waals surface area contributed by atoms with Crippen LogP contribution in [0.3, 0.4) is 0 Å². The van der Waals surface area contributed by atoms with Crippen LogP contribution in [-0.2, 0) is 5.92 Å². The van der Waals surface area contributed by atoms with Crippen LogP contribution in [0.15, 0.2) is 24.3 Å². The van der Waals surface area contributed by atoms with Crippen molar-refractivity contribution in [3.05, 3.63) is 35.5 Å². The van der Waals surface area contributed by atoms with Gasteiger partial charge in [0.15, 0.2) is 0 Å². The Morgan fingerprint density at radius 2 is 1.94 bits per heavy atom. The van der Waals surface area contributed by atoms with Crippen molar-refractivity contribution in [2.24, 2.45) is 5.92 Å². The molecule has 1 saturated carbocycles. The zero-order valence-electron chi connectivity index (χ0n) is 9.06. The third-order valence-electron chi connectivity index (χ3n) is 3.32. The van der Waals surface area contributed by atoms with Gasteiger partial charge in [0.05, 0.1) is 0 Å². The summed E-state index contributed by atoms with van der Waals surface area (Å²) in [5.74, 6) is -3.13. The molecule has 1 aliphatic rings. The highest BCUT2D eigenvalue weighted by Crippen LogP contribution is 2.52. The lowest BCUT2D eigenvalue weighted by molar-refractivity contribution is -0.0276. The van der Waals surface area contributed by atoms with Crippen LogP contribution in [0.4, 0.5) is 8.78 Å². The van der Waals surface area contributed by atoms with Crippen molar-refractivity contribution < 1.29 is 8.78 Å². The van der Waals surface area contributed by atoms with Crippen molar-refractivity contribution >= 4 is 10.9 Å². The fraction of sp³-hybridized carbons (Fsp3) is 0.385. The molecule has 0 spiro atoms. The van der Waals surface area contributed by atoms with Crippen LogP contribution in [-0.4, -0.2) is 4.98 Å². The normalized spacial score (nSPS) is 16.9. The van der Waals surface area contributed by atoms with Gasteiger partial charge in [-0.25, -0.2) is 8.78 Å². The van der Waals surface area contributed by atoms with Gasteiger partial charge in [-0.1, -0.05) is 18.2 Å². The molecule has 16 heavy (non-hydrogen) atoms. The molecule has 3 rings (SSSR count). The molecule has 3 heteroatoms. The molecule has 0 amide bonds. The standard InChI is InChI=1S/C13H13F2N/c1-8-12(13(14,15)9-6-7-9)10-4-2-3-5-11(10)16-8/h2-5,9,16H,6-7H2,1H3. The van der Waals surface area contributed by atoms with E-state index in [1.54, 1.807) is 13.0 Å². The maximum absolute atomic E-state index is 14.1. The minimum atomic E-state index is -2.68. The van der Waals surface area contributed by atoms with Crippen molar-refractivity contribution in [3.63, 3.8) is 0 Å². The first kappa shape index (κ1) is 9.82. The molecule has 0 radical (unpaired) electrons. The summed E-state index contributed by atoms with van der Waals surface area (Å²) in [5, 5.41) is 0.664. The van der Waals surface area contributed by atoms with E-state index in [4.69, 9.17) is 0 Å². The molecule has 0 saturated heterocycles. The SMILES string of the molecule is Cc1[nH]c2ccccc2c1C(F)(F)C1CC1. The largest absolute Gasteiger partial charge is 0.358 e. The fourth-order valence-electron chi connectivity index (χ4n) is 2.36. The third kappa shape index (κ3) is 1.27. The highest BCUT2D eigenvalue weighted by molar-refractivity contribution is 5.85. The molecule has 0 unspecified atom stereocenters. The van der Waals surface area contributed by atoms with E-state index < -0.39 is 11.8 Å². The van der Waals surface area contributed by atoms with Gasteiger partial charge in [0, 0.05) is 28.1 Å². The average Bonchev–Trinajstić information content (AvgIpc) is 3.00. The number of nitrogens with one attached hydrogen (secondary N) is 1. The van der Waals surface area contributed by atoms with Crippen molar-refractivity contribution in [2.75, 3.05) is 0 Å². The number of rotatable bonds is 2. The molecule has 84 valence electrons.